The second-order valence-electron chi connectivity index (χ2n) is 4.62. The minimum Gasteiger partial charge on any atom is -0.399 e. The van der Waals surface area contributed by atoms with Gasteiger partial charge in [-0.2, -0.15) is 11.8 Å². The molecular formula is C13H20N2S. The molecule has 2 N–H and O–H groups in total. The van der Waals surface area contributed by atoms with Crippen LogP contribution in [-0.2, 0) is 6.54 Å². The number of nitrogen functional groups attached to an aromatic ring is 1. The Labute approximate surface area is 102 Å². The van der Waals surface area contributed by atoms with Gasteiger partial charge >= 0.3 is 0 Å². The molecule has 1 aliphatic rings. The molecule has 2 nitrogen and oxygen atoms in total. The van der Waals surface area contributed by atoms with E-state index in [0.717, 1.165) is 18.3 Å². The van der Waals surface area contributed by atoms with Crippen molar-refractivity contribution < 1.29 is 0 Å². The zero-order valence-corrected chi connectivity index (χ0v) is 10.9. The Morgan fingerprint density at radius 1 is 1.50 bits per heavy atom. The van der Waals surface area contributed by atoms with Crippen molar-refractivity contribution in [3.8, 4) is 0 Å². The van der Waals surface area contributed by atoms with Crippen molar-refractivity contribution in [2.24, 2.45) is 0 Å². The number of hydrogen-bond acceptors (Lipinski definition) is 3. The Kier molecular flexibility index (Phi) is 3.77. The van der Waals surface area contributed by atoms with Crippen molar-refractivity contribution in [3.05, 3.63) is 29.3 Å². The first-order valence-electron chi connectivity index (χ1n) is 5.80. The SMILES string of the molecule is Cc1cc(CN(C)C2CCSC2)ccc1N. The molecule has 1 aliphatic heterocycles. The van der Waals surface area contributed by atoms with Gasteiger partial charge in [-0.15, -0.1) is 0 Å². The molecule has 0 radical (unpaired) electrons. The van der Waals surface area contributed by atoms with Crippen LogP contribution >= 0.6 is 11.8 Å². The lowest BCUT2D eigenvalue weighted by atomic mass is 10.1. The molecule has 0 spiro atoms. The van der Waals surface area contributed by atoms with E-state index in [1.54, 1.807) is 0 Å². The van der Waals surface area contributed by atoms with Crippen LogP contribution in [0.4, 0.5) is 5.69 Å². The van der Waals surface area contributed by atoms with E-state index in [9.17, 15) is 0 Å². The predicted molar refractivity (Wildman–Crippen MR) is 72.8 cm³/mol. The lowest BCUT2D eigenvalue weighted by molar-refractivity contribution is 0.254. The summed E-state index contributed by atoms with van der Waals surface area (Å²) in [4.78, 5) is 2.46. The largest absolute Gasteiger partial charge is 0.399 e. The first kappa shape index (κ1) is 11.8. The number of nitrogens with zero attached hydrogens (tertiary/aromatic N) is 1. The fourth-order valence-electron chi connectivity index (χ4n) is 2.12. The van der Waals surface area contributed by atoms with Gasteiger partial charge in [0.15, 0.2) is 0 Å². The monoisotopic (exact) mass is 236 g/mol. The second kappa shape index (κ2) is 5.11. The van der Waals surface area contributed by atoms with Crippen molar-refractivity contribution in [3.63, 3.8) is 0 Å². The molecule has 1 atom stereocenters. The second-order valence-corrected chi connectivity index (χ2v) is 5.77. The molecule has 1 aromatic carbocycles. The van der Waals surface area contributed by atoms with Crippen LogP contribution < -0.4 is 5.73 Å². The van der Waals surface area contributed by atoms with Crippen LogP contribution in [0.2, 0.25) is 0 Å². The van der Waals surface area contributed by atoms with Crippen LogP contribution in [-0.4, -0.2) is 29.5 Å². The van der Waals surface area contributed by atoms with E-state index in [0.29, 0.717) is 0 Å². The molecule has 1 fully saturated rings. The summed E-state index contributed by atoms with van der Waals surface area (Å²) in [5.74, 6) is 2.60. The van der Waals surface area contributed by atoms with Crippen LogP contribution in [0.15, 0.2) is 18.2 Å². The number of aryl methyl sites for hydroxylation is 1. The van der Waals surface area contributed by atoms with Crippen LogP contribution in [0.25, 0.3) is 0 Å². The number of hydrogen-bond donors (Lipinski definition) is 1. The third-order valence-electron chi connectivity index (χ3n) is 3.30. The zero-order chi connectivity index (χ0) is 11.5. The molecule has 2 rings (SSSR count). The molecule has 1 aromatic rings. The van der Waals surface area contributed by atoms with Gasteiger partial charge in [-0.05, 0) is 43.3 Å². The number of anilines is 1. The van der Waals surface area contributed by atoms with E-state index < -0.39 is 0 Å². The highest BCUT2D eigenvalue weighted by molar-refractivity contribution is 7.99. The van der Waals surface area contributed by atoms with Gasteiger partial charge in [0, 0.05) is 24.0 Å². The molecule has 88 valence electrons. The average Bonchev–Trinajstić information content (AvgIpc) is 2.77. The van der Waals surface area contributed by atoms with Crippen LogP contribution in [0, 0.1) is 6.92 Å². The summed E-state index contributed by atoms with van der Waals surface area (Å²) < 4.78 is 0. The Morgan fingerprint density at radius 2 is 2.31 bits per heavy atom. The highest BCUT2D eigenvalue weighted by atomic mass is 32.2. The fourth-order valence-corrected chi connectivity index (χ4v) is 3.42. The first-order valence-corrected chi connectivity index (χ1v) is 6.95. The number of rotatable bonds is 3. The molecule has 0 amide bonds. The maximum absolute atomic E-state index is 5.82. The average molecular weight is 236 g/mol. The third kappa shape index (κ3) is 2.71. The van der Waals surface area contributed by atoms with Gasteiger partial charge in [0.05, 0.1) is 0 Å². The Bertz CT molecular complexity index is 359. The van der Waals surface area contributed by atoms with Crippen molar-refractivity contribution in [1.29, 1.82) is 0 Å². The minimum atomic E-state index is 0.753. The van der Waals surface area contributed by atoms with Crippen molar-refractivity contribution >= 4 is 17.4 Å². The van der Waals surface area contributed by atoms with Gasteiger partial charge < -0.3 is 5.73 Å². The van der Waals surface area contributed by atoms with E-state index in [4.69, 9.17) is 5.73 Å². The van der Waals surface area contributed by atoms with E-state index in [-0.39, 0.29) is 0 Å². The fraction of sp³-hybridized carbons (Fsp3) is 0.538. The van der Waals surface area contributed by atoms with E-state index >= 15 is 0 Å². The van der Waals surface area contributed by atoms with Crippen molar-refractivity contribution in [2.45, 2.75) is 25.9 Å². The Balaban J connectivity index is 1.99. The standard InChI is InChI=1S/C13H20N2S/c1-10-7-11(3-4-13(10)14)8-15(2)12-5-6-16-9-12/h3-4,7,12H,5-6,8-9,14H2,1-2H3. The van der Waals surface area contributed by atoms with Gasteiger partial charge in [0.2, 0.25) is 0 Å². The molecule has 0 saturated carbocycles. The first-order chi connectivity index (χ1) is 7.66. The molecule has 0 aliphatic carbocycles. The quantitative estimate of drug-likeness (QED) is 0.818. The van der Waals surface area contributed by atoms with Crippen LogP contribution in [0.3, 0.4) is 0 Å². The minimum absolute atomic E-state index is 0.753. The molecule has 1 saturated heterocycles. The molecule has 3 heteroatoms. The summed E-state index contributed by atoms with van der Waals surface area (Å²) in [6.45, 7) is 3.11. The highest BCUT2D eigenvalue weighted by Crippen LogP contribution is 2.23. The molecule has 16 heavy (non-hydrogen) atoms. The topological polar surface area (TPSA) is 29.3 Å². The Hall–Kier alpha value is -0.670. The highest BCUT2D eigenvalue weighted by Gasteiger charge is 2.19. The van der Waals surface area contributed by atoms with Gasteiger partial charge in [-0.3, -0.25) is 4.90 Å². The molecule has 1 unspecified atom stereocenters. The maximum atomic E-state index is 5.82. The van der Waals surface area contributed by atoms with Gasteiger partial charge in [-0.1, -0.05) is 12.1 Å². The molecule has 0 aromatic heterocycles. The van der Waals surface area contributed by atoms with Gasteiger partial charge in [-0.25, -0.2) is 0 Å². The molecule has 0 bridgehead atoms. The van der Waals surface area contributed by atoms with Crippen LogP contribution in [0.5, 0.6) is 0 Å². The summed E-state index contributed by atoms with van der Waals surface area (Å²) >= 11 is 2.07. The maximum Gasteiger partial charge on any atom is 0.0343 e. The van der Waals surface area contributed by atoms with Crippen LogP contribution in [0.1, 0.15) is 17.5 Å². The predicted octanol–water partition coefficient (Wildman–Crippen LogP) is 2.51. The normalized spacial score (nSPS) is 20.6. The smallest absolute Gasteiger partial charge is 0.0343 e. The molecular weight excluding hydrogens is 216 g/mol. The summed E-state index contributed by atoms with van der Waals surface area (Å²) in [7, 11) is 2.22. The summed E-state index contributed by atoms with van der Waals surface area (Å²) in [6, 6.07) is 7.11. The summed E-state index contributed by atoms with van der Waals surface area (Å²) in [6.07, 6.45) is 1.33. The Morgan fingerprint density at radius 3 is 2.94 bits per heavy atom. The number of benzene rings is 1. The number of thioether (sulfide) groups is 1. The zero-order valence-electron chi connectivity index (χ0n) is 10.1. The van der Waals surface area contributed by atoms with Crippen molar-refractivity contribution in [2.75, 3.05) is 24.3 Å². The number of nitrogens with two attached hydrogens (primary N) is 1. The van der Waals surface area contributed by atoms with E-state index in [2.05, 4.69) is 42.8 Å². The van der Waals surface area contributed by atoms with Gasteiger partial charge in [0.25, 0.3) is 0 Å². The third-order valence-corrected chi connectivity index (χ3v) is 4.44. The van der Waals surface area contributed by atoms with Crippen molar-refractivity contribution in [1.82, 2.24) is 4.90 Å². The lowest BCUT2D eigenvalue weighted by Crippen LogP contribution is -2.30. The van der Waals surface area contributed by atoms with E-state index in [1.807, 2.05) is 6.07 Å². The molecule has 1 heterocycles. The van der Waals surface area contributed by atoms with E-state index in [1.165, 1.54) is 29.1 Å². The summed E-state index contributed by atoms with van der Waals surface area (Å²) in [5.41, 5.74) is 9.27. The lowest BCUT2D eigenvalue weighted by Gasteiger charge is -2.23. The summed E-state index contributed by atoms with van der Waals surface area (Å²) in [5, 5.41) is 0. The van der Waals surface area contributed by atoms with Gasteiger partial charge in [0.1, 0.15) is 0 Å².